The molecule has 1 aromatic rings. The summed E-state index contributed by atoms with van der Waals surface area (Å²) in [6.07, 6.45) is 2.59. The molecule has 0 aromatic heterocycles. The lowest BCUT2D eigenvalue weighted by Crippen LogP contribution is -2.28. The Labute approximate surface area is 113 Å². The number of hydrogen-bond donors (Lipinski definition) is 0. The molecule has 0 spiro atoms. The van der Waals surface area contributed by atoms with E-state index in [1.54, 1.807) is 0 Å². The molecule has 0 amide bonds. The van der Waals surface area contributed by atoms with Gasteiger partial charge in [-0.3, -0.25) is 4.79 Å². The SMILES string of the molecule is CS(=O)(=O)CCCC(=O)C1COc2ccccc2C1. The third-order valence-corrected chi connectivity index (χ3v) is 4.30. The normalized spacial score (nSPS) is 18.5. The van der Waals surface area contributed by atoms with E-state index in [2.05, 4.69) is 0 Å². The van der Waals surface area contributed by atoms with Gasteiger partial charge in [0.15, 0.2) is 0 Å². The van der Waals surface area contributed by atoms with Crippen molar-refractivity contribution in [3.63, 3.8) is 0 Å². The van der Waals surface area contributed by atoms with E-state index in [0.717, 1.165) is 11.3 Å². The van der Waals surface area contributed by atoms with Gasteiger partial charge >= 0.3 is 0 Å². The van der Waals surface area contributed by atoms with Gasteiger partial charge in [-0.25, -0.2) is 8.42 Å². The van der Waals surface area contributed by atoms with E-state index in [1.807, 2.05) is 24.3 Å². The van der Waals surface area contributed by atoms with Crippen molar-refractivity contribution in [2.75, 3.05) is 18.6 Å². The van der Waals surface area contributed by atoms with Crippen molar-refractivity contribution in [3.05, 3.63) is 29.8 Å². The molecule has 1 unspecified atom stereocenters. The fourth-order valence-electron chi connectivity index (χ4n) is 2.25. The van der Waals surface area contributed by atoms with Crippen LogP contribution in [0.2, 0.25) is 0 Å². The van der Waals surface area contributed by atoms with Gasteiger partial charge in [-0.1, -0.05) is 18.2 Å². The summed E-state index contributed by atoms with van der Waals surface area (Å²) < 4.78 is 27.6. The Bertz CT molecular complexity index is 563. The number of sulfone groups is 1. The largest absolute Gasteiger partial charge is 0.493 e. The second kappa shape index (κ2) is 5.74. The number of carbonyl (C=O) groups is 1. The highest BCUT2D eigenvalue weighted by Crippen LogP contribution is 2.27. The predicted molar refractivity (Wildman–Crippen MR) is 73.1 cm³/mol. The summed E-state index contributed by atoms with van der Waals surface area (Å²) in [4.78, 5) is 12.0. The molecule has 0 aliphatic carbocycles. The Morgan fingerprint density at radius 2 is 2.11 bits per heavy atom. The number of benzene rings is 1. The van der Waals surface area contributed by atoms with Crippen molar-refractivity contribution in [3.8, 4) is 5.75 Å². The molecule has 1 heterocycles. The number of rotatable bonds is 5. The number of fused-ring (bicyclic) bond motifs is 1. The number of ketones is 1. The molecule has 5 heteroatoms. The highest BCUT2D eigenvalue weighted by atomic mass is 32.2. The van der Waals surface area contributed by atoms with E-state index < -0.39 is 9.84 Å². The van der Waals surface area contributed by atoms with Gasteiger partial charge in [0.1, 0.15) is 21.4 Å². The number of ether oxygens (including phenoxy) is 1. The van der Waals surface area contributed by atoms with Crippen molar-refractivity contribution in [1.82, 2.24) is 0 Å². The Morgan fingerprint density at radius 1 is 1.37 bits per heavy atom. The van der Waals surface area contributed by atoms with Crippen LogP contribution in [0, 0.1) is 5.92 Å². The van der Waals surface area contributed by atoms with Crippen LogP contribution in [0.4, 0.5) is 0 Å². The van der Waals surface area contributed by atoms with Gasteiger partial charge in [-0.15, -0.1) is 0 Å². The van der Waals surface area contributed by atoms with Crippen LogP contribution in [0.1, 0.15) is 18.4 Å². The zero-order chi connectivity index (χ0) is 13.9. The summed E-state index contributed by atoms with van der Waals surface area (Å²) in [6, 6.07) is 7.71. The molecule has 19 heavy (non-hydrogen) atoms. The molecule has 1 atom stereocenters. The first kappa shape index (κ1) is 14.1. The quantitative estimate of drug-likeness (QED) is 0.823. The maximum Gasteiger partial charge on any atom is 0.147 e. The van der Waals surface area contributed by atoms with Crippen molar-refractivity contribution in [1.29, 1.82) is 0 Å². The molecule has 1 aliphatic heterocycles. The topological polar surface area (TPSA) is 60.4 Å². The van der Waals surface area contributed by atoms with E-state index in [9.17, 15) is 13.2 Å². The minimum absolute atomic E-state index is 0.0723. The molecule has 0 radical (unpaired) electrons. The van der Waals surface area contributed by atoms with E-state index in [4.69, 9.17) is 4.74 Å². The maximum absolute atomic E-state index is 12.0. The average Bonchev–Trinajstić information content (AvgIpc) is 2.36. The summed E-state index contributed by atoms with van der Waals surface area (Å²) >= 11 is 0. The molecule has 1 aromatic carbocycles. The van der Waals surface area contributed by atoms with Crippen LogP contribution >= 0.6 is 0 Å². The third-order valence-electron chi connectivity index (χ3n) is 3.27. The van der Waals surface area contributed by atoms with Crippen LogP contribution in [-0.2, 0) is 21.1 Å². The van der Waals surface area contributed by atoms with Gasteiger partial charge in [-0.2, -0.15) is 0 Å². The second-order valence-corrected chi connectivity index (χ2v) is 7.28. The first-order valence-electron chi connectivity index (χ1n) is 6.37. The number of hydrogen-bond acceptors (Lipinski definition) is 4. The monoisotopic (exact) mass is 282 g/mol. The number of carbonyl (C=O) groups excluding carboxylic acids is 1. The summed E-state index contributed by atoms with van der Waals surface area (Å²) in [5.41, 5.74) is 1.05. The van der Waals surface area contributed by atoms with Gasteiger partial charge < -0.3 is 4.74 Å². The standard InChI is InChI=1S/C14H18O4S/c1-19(16,17)8-4-6-13(15)12-9-11-5-2-3-7-14(11)18-10-12/h2-3,5,7,12H,4,6,8-10H2,1H3. The van der Waals surface area contributed by atoms with Gasteiger partial charge in [0.05, 0.1) is 18.3 Å². The van der Waals surface area contributed by atoms with E-state index >= 15 is 0 Å². The fourth-order valence-corrected chi connectivity index (χ4v) is 2.92. The second-order valence-electron chi connectivity index (χ2n) is 5.02. The third kappa shape index (κ3) is 4.06. The zero-order valence-corrected chi connectivity index (χ0v) is 11.8. The van der Waals surface area contributed by atoms with Gasteiger partial charge in [0, 0.05) is 12.7 Å². The van der Waals surface area contributed by atoms with Crippen molar-refractivity contribution in [2.24, 2.45) is 5.92 Å². The molecular weight excluding hydrogens is 264 g/mol. The Morgan fingerprint density at radius 3 is 2.84 bits per heavy atom. The zero-order valence-electron chi connectivity index (χ0n) is 11.0. The molecule has 4 nitrogen and oxygen atoms in total. The molecule has 1 aliphatic rings. The molecule has 2 rings (SSSR count). The molecule has 0 saturated heterocycles. The molecule has 104 valence electrons. The summed E-state index contributed by atoms with van der Waals surface area (Å²) in [5, 5.41) is 0. The highest BCUT2D eigenvalue weighted by Gasteiger charge is 2.25. The number of para-hydroxylation sites is 1. The lowest BCUT2D eigenvalue weighted by molar-refractivity contribution is -0.124. The molecule has 0 saturated carbocycles. The maximum atomic E-state index is 12.0. The van der Waals surface area contributed by atoms with Gasteiger partial charge in [0.25, 0.3) is 0 Å². The van der Waals surface area contributed by atoms with Crippen LogP contribution in [0.3, 0.4) is 0 Å². The lowest BCUT2D eigenvalue weighted by atomic mass is 9.91. The summed E-state index contributed by atoms with van der Waals surface area (Å²) in [5.74, 6) is 0.874. The molecular formula is C14H18O4S. The molecule has 0 bridgehead atoms. The van der Waals surface area contributed by atoms with Crippen LogP contribution in [-0.4, -0.2) is 32.8 Å². The average molecular weight is 282 g/mol. The fraction of sp³-hybridized carbons (Fsp3) is 0.500. The predicted octanol–water partition coefficient (Wildman–Crippen LogP) is 1.63. The lowest BCUT2D eigenvalue weighted by Gasteiger charge is -2.24. The Hall–Kier alpha value is -1.36. The van der Waals surface area contributed by atoms with Crippen molar-refractivity contribution >= 4 is 15.6 Å². The first-order chi connectivity index (χ1) is 8.96. The smallest absolute Gasteiger partial charge is 0.147 e. The van der Waals surface area contributed by atoms with Crippen LogP contribution in [0.5, 0.6) is 5.75 Å². The minimum atomic E-state index is -2.98. The molecule has 0 fully saturated rings. The van der Waals surface area contributed by atoms with Crippen molar-refractivity contribution in [2.45, 2.75) is 19.3 Å². The Balaban J connectivity index is 1.89. The van der Waals surface area contributed by atoms with Gasteiger partial charge in [0.2, 0.25) is 0 Å². The van der Waals surface area contributed by atoms with E-state index in [-0.39, 0.29) is 17.5 Å². The Kier molecular flexibility index (Phi) is 4.24. The van der Waals surface area contributed by atoms with E-state index in [0.29, 0.717) is 25.9 Å². The number of Topliss-reactive ketones (excluding diaryl/α,β-unsaturated/α-hetero) is 1. The minimum Gasteiger partial charge on any atom is -0.493 e. The van der Waals surface area contributed by atoms with Crippen LogP contribution in [0.15, 0.2) is 24.3 Å². The van der Waals surface area contributed by atoms with Crippen LogP contribution < -0.4 is 4.74 Å². The molecule has 0 N–H and O–H groups in total. The highest BCUT2D eigenvalue weighted by molar-refractivity contribution is 7.90. The summed E-state index contributed by atoms with van der Waals surface area (Å²) in [6.45, 7) is 0.398. The first-order valence-corrected chi connectivity index (χ1v) is 8.43. The van der Waals surface area contributed by atoms with E-state index in [1.165, 1.54) is 6.26 Å². The summed E-state index contributed by atoms with van der Waals surface area (Å²) in [7, 11) is -2.98. The van der Waals surface area contributed by atoms with Crippen LogP contribution in [0.25, 0.3) is 0 Å². The van der Waals surface area contributed by atoms with Crippen molar-refractivity contribution < 1.29 is 17.9 Å². The van der Waals surface area contributed by atoms with Gasteiger partial charge in [-0.05, 0) is 24.5 Å².